The third-order valence-corrected chi connectivity index (χ3v) is 3.42. The van der Waals surface area contributed by atoms with Crippen molar-refractivity contribution in [3.05, 3.63) is 29.8 Å². The van der Waals surface area contributed by atoms with Crippen molar-refractivity contribution in [1.29, 1.82) is 0 Å². The summed E-state index contributed by atoms with van der Waals surface area (Å²) in [5.74, 6) is 6.02. The van der Waals surface area contributed by atoms with Crippen LogP contribution in [0.15, 0.2) is 29.4 Å². The molecule has 1 aliphatic rings. The molecule has 0 unspecified atom stereocenters. The third kappa shape index (κ3) is 4.91. The van der Waals surface area contributed by atoms with Crippen molar-refractivity contribution in [3.63, 3.8) is 0 Å². The summed E-state index contributed by atoms with van der Waals surface area (Å²) in [4.78, 5) is 2.53. The maximum Gasteiger partial charge on any atom is 0.119 e. The van der Waals surface area contributed by atoms with Gasteiger partial charge in [0.05, 0.1) is 12.8 Å². The van der Waals surface area contributed by atoms with Gasteiger partial charge in [-0.05, 0) is 50.0 Å². The van der Waals surface area contributed by atoms with Gasteiger partial charge in [-0.25, -0.2) is 0 Å². The molecular weight excluding hydrogens is 238 g/mol. The second kappa shape index (κ2) is 7.79. The SMILES string of the molecule is NN=Cc1cccc(OCCCN2CCCCC2)c1. The largest absolute Gasteiger partial charge is 0.494 e. The highest BCUT2D eigenvalue weighted by Gasteiger charge is 2.08. The molecule has 1 aromatic rings. The average molecular weight is 261 g/mol. The topological polar surface area (TPSA) is 50.9 Å². The predicted octanol–water partition coefficient (Wildman–Crippen LogP) is 2.23. The standard InChI is InChI=1S/C15H23N3O/c16-17-13-14-6-4-7-15(12-14)19-11-5-10-18-8-2-1-3-9-18/h4,6-7,12-13H,1-3,5,8-11,16H2. The van der Waals surface area contributed by atoms with Gasteiger partial charge < -0.3 is 15.5 Å². The minimum atomic E-state index is 0.764. The summed E-state index contributed by atoms with van der Waals surface area (Å²) in [5.41, 5.74) is 0.969. The number of ether oxygens (including phenoxy) is 1. The zero-order chi connectivity index (χ0) is 13.3. The van der Waals surface area contributed by atoms with E-state index in [0.717, 1.165) is 30.9 Å². The van der Waals surface area contributed by atoms with Gasteiger partial charge in [-0.2, -0.15) is 5.10 Å². The minimum Gasteiger partial charge on any atom is -0.494 e. The smallest absolute Gasteiger partial charge is 0.119 e. The Morgan fingerprint density at radius 3 is 2.89 bits per heavy atom. The van der Waals surface area contributed by atoms with Crippen LogP contribution in [0.5, 0.6) is 5.75 Å². The van der Waals surface area contributed by atoms with Crippen LogP contribution in [-0.2, 0) is 0 Å². The highest BCUT2D eigenvalue weighted by atomic mass is 16.5. The molecule has 1 saturated heterocycles. The van der Waals surface area contributed by atoms with Gasteiger partial charge in [-0.3, -0.25) is 0 Å². The first-order chi connectivity index (χ1) is 9.38. The van der Waals surface area contributed by atoms with Crippen molar-refractivity contribution in [2.45, 2.75) is 25.7 Å². The molecule has 1 aromatic carbocycles. The molecule has 0 spiro atoms. The van der Waals surface area contributed by atoms with E-state index in [2.05, 4.69) is 10.0 Å². The van der Waals surface area contributed by atoms with Crippen LogP contribution in [0.2, 0.25) is 0 Å². The van der Waals surface area contributed by atoms with Gasteiger partial charge in [0.2, 0.25) is 0 Å². The Bertz CT molecular complexity index is 400. The summed E-state index contributed by atoms with van der Waals surface area (Å²) in [6.07, 6.45) is 6.79. The van der Waals surface area contributed by atoms with E-state index in [4.69, 9.17) is 10.6 Å². The van der Waals surface area contributed by atoms with E-state index < -0.39 is 0 Å². The lowest BCUT2D eigenvalue weighted by molar-refractivity contribution is 0.205. The second-order valence-corrected chi connectivity index (χ2v) is 4.95. The van der Waals surface area contributed by atoms with Gasteiger partial charge in [0.1, 0.15) is 5.75 Å². The molecule has 2 N–H and O–H groups in total. The Morgan fingerprint density at radius 1 is 1.26 bits per heavy atom. The first kappa shape index (κ1) is 13.9. The molecule has 4 heteroatoms. The Kier molecular flexibility index (Phi) is 5.69. The zero-order valence-corrected chi connectivity index (χ0v) is 11.4. The molecule has 0 radical (unpaired) electrons. The van der Waals surface area contributed by atoms with Gasteiger partial charge in [-0.1, -0.05) is 18.6 Å². The number of benzene rings is 1. The second-order valence-electron chi connectivity index (χ2n) is 4.95. The lowest BCUT2D eigenvalue weighted by atomic mass is 10.1. The number of hydrazone groups is 1. The molecule has 1 fully saturated rings. The third-order valence-electron chi connectivity index (χ3n) is 3.42. The van der Waals surface area contributed by atoms with Gasteiger partial charge in [0.25, 0.3) is 0 Å². The minimum absolute atomic E-state index is 0.764. The van der Waals surface area contributed by atoms with Crippen molar-refractivity contribution in [3.8, 4) is 5.75 Å². The van der Waals surface area contributed by atoms with Crippen LogP contribution in [0, 0.1) is 0 Å². The predicted molar refractivity (Wildman–Crippen MR) is 78.6 cm³/mol. The lowest BCUT2D eigenvalue weighted by Crippen LogP contribution is -2.31. The quantitative estimate of drug-likeness (QED) is 0.370. The van der Waals surface area contributed by atoms with E-state index in [1.165, 1.54) is 32.4 Å². The summed E-state index contributed by atoms with van der Waals surface area (Å²) in [7, 11) is 0. The van der Waals surface area contributed by atoms with Crippen molar-refractivity contribution in [1.82, 2.24) is 4.90 Å². The van der Waals surface area contributed by atoms with E-state index >= 15 is 0 Å². The summed E-state index contributed by atoms with van der Waals surface area (Å²) in [6.45, 7) is 4.41. The normalized spacial score (nSPS) is 16.8. The molecule has 0 saturated carbocycles. The van der Waals surface area contributed by atoms with Crippen molar-refractivity contribution in [2.75, 3.05) is 26.2 Å². The first-order valence-corrected chi connectivity index (χ1v) is 7.07. The van der Waals surface area contributed by atoms with Gasteiger partial charge in [0.15, 0.2) is 0 Å². The number of nitrogens with two attached hydrogens (primary N) is 1. The molecule has 104 valence electrons. The summed E-state index contributed by atoms with van der Waals surface area (Å²) < 4.78 is 5.75. The number of nitrogens with zero attached hydrogens (tertiary/aromatic N) is 2. The van der Waals surface area contributed by atoms with Crippen molar-refractivity contribution in [2.24, 2.45) is 10.9 Å². The molecule has 4 nitrogen and oxygen atoms in total. The van der Waals surface area contributed by atoms with Crippen LogP contribution < -0.4 is 10.6 Å². The first-order valence-electron chi connectivity index (χ1n) is 7.07. The molecule has 0 bridgehead atoms. The van der Waals surface area contributed by atoms with E-state index in [-0.39, 0.29) is 0 Å². The van der Waals surface area contributed by atoms with Crippen molar-refractivity contribution >= 4 is 6.21 Å². The van der Waals surface area contributed by atoms with Crippen LogP contribution >= 0.6 is 0 Å². The van der Waals surface area contributed by atoms with Crippen LogP contribution in [-0.4, -0.2) is 37.4 Å². The maximum atomic E-state index is 5.75. The molecule has 0 aromatic heterocycles. The zero-order valence-electron chi connectivity index (χ0n) is 11.4. The van der Waals surface area contributed by atoms with E-state index in [1.54, 1.807) is 6.21 Å². The fourth-order valence-electron chi connectivity index (χ4n) is 2.43. The Balaban J connectivity index is 1.68. The maximum absolute atomic E-state index is 5.75. The number of hydrogen-bond donors (Lipinski definition) is 1. The molecule has 0 atom stereocenters. The fourth-order valence-corrected chi connectivity index (χ4v) is 2.43. The summed E-state index contributed by atoms with van der Waals surface area (Å²) >= 11 is 0. The summed E-state index contributed by atoms with van der Waals surface area (Å²) in [5, 5.41) is 3.52. The molecule has 0 aliphatic carbocycles. The molecule has 1 aliphatic heterocycles. The highest BCUT2D eigenvalue weighted by molar-refractivity contribution is 5.79. The molecule has 1 heterocycles. The highest BCUT2D eigenvalue weighted by Crippen LogP contribution is 2.13. The van der Waals surface area contributed by atoms with E-state index in [1.807, 2.05) is 24.3 Å². The lowest BCUT2D eigenvalue weighted by Gasteiger charge is -2.26. The monoisotopic (exact) mass is 261 g/mol. The van der Waals surface area contributed by atoms with Crippen LogP contribution in [0.4, 0.5) is 0 Å². The Hall–Kier alpha value is -1.55. The van der Waals surface area contributed by atoms with Crippen molar-refractivity contribution < 1.29 is 4.74 Å². The summed E-state index contributed by atoms with van der Waals surface area (Å²) in [6, 6.07) is 7.83. The van der Waals surface area contributed by atoms with Gasteiger partial charge in [-0.15, -0.1) is 0 Å². The average Bonchev–Trinajstić information content (AvgIpc) is 2.46. The van der Waals surface area contributed by atoms with Crippen LogP contribution in [0.3, 0.4) is 0 Å². The van der Waals surface area contributed by atoms with Crippen LogP contribution in [0.25, 0.3) is 0 Å². The number of rotatable bonds is 6. The molecular formula is C15H23N3O. The molecule has 2 rings (SSSR count). The van der Waals surface area contributed by atoms with E-state index in [9.17, 15) is 0 Å². The molecule has 19 heavy (non-hydrogen) atoms. The Labute approximate surface area is 115 Å². The fraction of sp³-hybridized carbons (Fsp3) is 0.533. The number of likely N-dealkylation sites (tertiary alicyclic amines) is 1. The Morgan fingerprint density at radius 2 is 2.11 bits per heavy atom. The number of hydrogen-bond acceptors (Lipinski definition) is 4. The number of piperidine rings is 1. The molecule has 0 amide bonds. The van der Waals surface area contributed by atoms with Gasteiger partial charge >= 0.3 is 0 Å². The van der Waals surface area contributed by atoms with E-state index in [0.29, 0.717) is 0 Å². The van der Waals surface area contributed by atoms with Gasteiger partial charge in [0, 0.05) is 6.54 Å². The van der Waals surface area contributed by atoms with Crippen LogP contribution in [0.1, 0.15) is 31.2 Å².